The highest BCUT2D eigenvalue weighted by Crippen LogP contribution is 2.28. The van der Waals surface area contributed by atoms with E-state index in [-0.39, 0.29) is 0 Å². The van der Waals surface area contributed by atoms with Crippen molar-refractivity contribution in [1.82, 2.24) is 4.98 Å². The van der Waals surface area contributed by atoms with Gasteiger partial charge in [0, 0.05) is 11.8 Å². The molecule has 1 aromatic heterocycles. The average molecular weight is 285 g/mol. The summed E-state index contributed by atoms with van der Waals surface area (Å²) in [6.07, 6.45) is 4.00. The summed E-state index contributed by atoms with van der Waals surface area (Å²) in [5.74, 6) is 1.45. The predicted octanol–water partition coefficient (Wildman–Crippen LogP) is 4.01. The Hall–Kier alpha value is -0.810. The molecule has 0 aliphatic rings. The number of thioether (sulfide) groups is 1. The quantitative estimate of drug-likeness (QED) is 0.607. The maximum atomic E-state index is 10.6. The molecule has 0 aliphatic carbocycles. The monoisotopic (exact) mass is 285 g/mol. The lowest BCUT2D eigenvalue weighted by atomic mass is 10.1. The van der Waals surface area contributed by atoms with Gasteiger partial charge in [0.1, 0.15) is 5.01 Å². The molecular weight excluding hydrogens is 266 g/mol. The summed E-state index contributed by atoms with van der Waals surface area (Å²) in [5, 5.41) is 9.76. The van der Waals surface area contributed by atoms with Crippen molar-refractivity contribution in [3.05, 3.63) is 21.7 Å². The smallest absolute Gasteiger partial charge is 0.328 e. The molecule has 0 amide bonds. The van der Waals surface area contributed by atoms with Gasteiger partial charge in [0.15, 0.2) is 0 Å². The molecular formula is C13H19NO2S2. The van der Waals surface area contributed by atoms with E-state index in [2.05, 4.69) is 25.8 Å². The number of rotatable bonds is 7. The Bertz CT molecular complexity index is 425. The van der Waals surface area contributed by atoms with Crippen LogP contribution in [-0.4, -0.2) is 21.8 Å². The summed E-state index contributed by atoms with van der Waals surface area (Å²) in [5.41, 5.74) is 1.00. The Kier molecular flexibility index (Phi) is 6.43. The molecule has 1 rings (SSSR count). The van der Waals surface area contributed by atoms with E-state index >= 15 is 0 Å². The number of aliphatic carboxylic acids is 1. The van der Waals surface area contributed by atoms with Crippen molar-refractivity contribution in [1.29, 1.82) is 0 Å². The number of hydrogen-bond donors (Lipinski definition) is 1. The van der Waals surface area contributed by atoms with Crippen molar-refractivity contribution in [2.24, 2.45) is 0 Å². The zero-order valence-electron chi connectivity index (χ0n) is 11.0. The van der Waals surface area contributed by atoms with Crippen molar-refractivity contribution >= 4 is 35.1 Å². The second kappa shape index (κ2) is 7.59. The van der Waals surface area contributed by atoms with Crippen LogP contribution >= 0.6 is 23.1 Å². The maximum Gasteiger partial charge on any atom is 0.328 e. The number of hydrogen-bond acceptors (Lipinski definition) is 4. The molecule has 1 heterocycles. The van der Waals surface area contributed by atoms with Gasteiger partial charge in [-0.2, -0.15) is 11.8 Å². The molecule has 18 heavy (non-hydrogen) atoms. The predicted molar refractivity (Wildman–Crippen MR) is 79.3 cm³/mol. The molecule has 0 atom stereocenters. The molecule has 3 nitrogen and oxygen atoms in total. The van der Waals surface area contributed by atoms with E-state index in [9.17, 15) is 4.79 Å². The van der Waals surface area contributed by atoms with Crippen molar-refractivity contribution in [3.63, 3.8) is 0 Å². The van der Waals surface area contributed by atoms with E-state index in [0.717, 1.165) is 27.1 Å². The molecule has 1 aromatic rings. The molecule has 0 unspecified atom stereocenters. The van der Waals surface area contributed by atoms with Gasteiger partial charge in [0.2, 0.25) is 0 Å². The van der Waals surface area contributed by atoms with Crippen LogP contribution in [0.25, 0.3) is 6.08 Å². The second-order valence-corrected chi connectivity index (χ2v) is 6.46. The lowest BCUT2D eigenvalue weighted by Crippen LogP contribution is -1.92. The van der Waals surface area contributed by atoms with Gasteiger partial charge in [-0.25, -0.2) is 9.78 Å². The van der Waals surface area contributed by atoms with Gasteiger partial charge in [-0.3, -0.25) is 0 Å². The van der Waals surface area contributed by atoms with Gasteiger partial charge in [-0.15, -0.1) is 11.3 Å². The maximum absolute atomic E-state index is 10.6. The fourth-order valence-electron chi connectivity index (χ4n) is 1.44. The molecule has 0 aromatic carbocycles. The Morgan fingerprint density at radius 1 is 1.56 bits per heavy atom. The zero-order valence-corrected chi connectivity index (χ0v) is 12.6. The number of carboxylic acid groups (broad SMARTS) is 1. The lowest BCUT2D eigenvalue weighted by molar-refractivity contribution is -0.131. The minimum Gasteiger partial charge on any atom is -0.478 e. The number of carbonyl (C=O) groups is 1. The minimum absolute atomic E-state index is 0.319. The number of thiazole rings is 1. The SMILES string of the molecule is CCCSCc1nc(C(C)C)c(/C=C/C(=O)O)s1. The largest absolute Gasteiger partial charge is 0.478 e. The normalized spacial score (nSPS) is 11.6. The first-order chi connectivity index (χ1) is 8.54. The van der Waals surface area contributed by atoms with E-state index in [1.54, 1.807) is 17.4 Å². The molecule has 0 bridgehead atoms. The van der Waals surface area contributed by atoms with Gasteiger partial charge in [-0.1, -0.05) is 20.8 Å². The van der Waals surface area contributed by atoms with Gasteiger partial charge >= 0.3 is 5.97 Å². The topological polar surface area (TPSA) is 50.2 Å². The van der Waals surface area contributed by atoms with Gasteiger partial charge in [-0.05, 0) is 24.2 Å². The summed E-state index contributed by atoms with van der Waals surface area (Å²) in [6, 6.07) is 0. The lowest BCUT2D eigenvalue weighted by Gasteiger charge is -2.00. The number of nitrogens with zero attached hydrogens (tertiary/aromatic N) is 1. The fourth-order valence-corrected chi connectivity index (χ4v) is 3.51. The Morgan fingerprint density at radius 2 is 2.28 bits per heavy atom. The average Bonchev–Trinajstić information content (AvgIpc) is 2.70. The van der Waals surface area contributed by atoms with Crippen LogP contribution in [0.4, 0.5) is 0 Å². The third-order valence-electron chi connectivity index (χ3n) is 2.22. The molecule has 0 saturated carbocycles. The first kappa shape index (κ1) is 15.2. The number of carboxylic acids is 1. The van der Waals surface area contributed by atoms with Crippen molar-refractivity contribution in [2.45, 2.75) is 38.9 Å². The van der Waals surface area contributed by atoms with Crippen LogP contribution in [0.5, 0.6) is 0 Å². The highest BCUT2D eigenvalue weighted by Gasteiger charge is 2.12. The Morgan fingerprint density at radius 3 is 2.83 bits per heavy atom. The fraction of sp³-hybridized carbons (Fsp3) is 0.538. The summed E-state index contributed by atoms with van der Waals surface area (Å²) in [6.45, 7) is 6.32. The molecule has 0 saturated heterocycles. The summed E-state index contributed by atoms with van der Waals surface area (Å²) in [7, 11) is 0. The van der Waals surface area contributed by atoms with Crippen LogP contribution in [0, 0.1) is 0 Å². The van der Waals surface area contributed by atoms with Crippen LogP contribution in [0.15, 0.2) is 6.08 Å². The van der Waals surface area contributed by atoms with Crippen molar-refractivity contribution in [2.75, 3.05) is 5.75 Å². The summed E-state index contributed by atoms with van der Waals surface area (Å²) < 4.78 is 0. The van der Waals surface area contributed by atoms with E-state index in [1.807, 2.05) is 11.8 Å². The van der Waals surface area contributed by atoms with E-state index in [4.69, 9.17) is 5.11 Å². The summed E-state index contributed by atoms with van der Waals surface area (Å²) in [4.78, 5) is 16.1. The Balaban J connectivity index is 2.83. The molecule has 1 N–H and O–H groups in total. The van der Waals surface area contributed by atoms with Gasteiger partial charge in [0.25, 0.3) is 0 Å². The van der Waals surface area contributed by atoms with Gasteiger partial charge < -0.3 is 5.11 Å². The number of aromatic nitrogens is 1. The van der Waals surface area contributed by atoms with Crippen LogP contribution in [0.3, 0.4) is 0 Å². The molecule has 0 aliphatic heterocycles. The summed E-state index contributed by atoms with van der Waals surface area (Å²) >= 11 is 3.47. The third kappa shape index (κ3) is 4.82. The van der Waals surface area contributed by atoms with Crippen molar-refractivity contribution < 1.29 is 9.90 Å². The van der Waals surface area contributed by atoms with Crippen LogP contribution in [0.1, 0.15) is 48.7 Å². The minimum atomic E-state index is -0.917. The molecule has 5 heteroatoms. The molecule has 0 spiro atoms. The van der Waals surface area contributed by atoms with E-state index in [1.165, 1.54) is 12.5 Å². The first-order valence-corrected chi connectivity index (χ1v) is 8.00. The zero-order chi connectivity index (χ0) is 13.5. The molecule has 100 valence electrons. The second-order valence-electron chi connectivity index (χ2n) is 4.24. The highest BCUT2D eigenvalue weighted by molar-refractivity contribution is 7.98. The molecule has 0 fully saturated rings. The first-order valence-electron chi connectivity index (χ1n) is 6.03. The third-order valence-corrected chi connectivity index (χ3v) is 4.62. The van der Waals surface area contributed by atoms with E-state index < -0.39 is 5.97 Å². The highest BCUT2D eigenvalue weighted by atomic mass is 32.2. The van der Waals surface area contributed by atoms with E-state index in [0.29, 0.717) is 5.92 Å². The standard InChI is InChI=1S/C13H19NO2S2/c1-4-7-17-8-11-14-13(9(2)3)10(18-11)5-6-12(15)16/h5-6,9H,4,7-8H2,1-3H3,(H,15,16)/b6-5+. The molecule has 0 radical (unpaired) electrons. The van der Waals surface area contributed by atoms with Gasteiger partial charge in [0.05, 0.1) is 10.6 Å². The Labute approximate surface area is 116 Å². The van der Waals surface area contributed by atoms with Crippen molar-refractivity contribution in [3.8, 4) is 0 Å². The van der Waals surface area contributed by atoms with Crippen LogP contribution in [-0.2, 0) is 10.5 Å². The van der Waals surface area contributed by atoms with Crippen LogP contribution in [0.2, 0.25) is 0 Å². The van der Waals surface area contributed by atoms with Crippen LogP contribution < -0.4 is 0 Å².